The van der Waals surface area contributed by atoms with Crippen molar-refractivity contribution in [2.24, 2.45) is 7.05 Å². The highest BCUT2D eigenvalue weighted by Gasteiger charge is 2.00. The van der Waals surface area contributed by atoms with Crippen molar-refractivity contribution in [3.63, 3.8) is 0 Å². The Kier molecular flexibility index (Phi) is 2.07. The number of hydrogen-bond acceptors (Lipinski definition) is 1. The molecular formula is C10H9ClN2. The number of aromatic nitrogens is 2. The molecule has 0 N–H and O–H groups in total. The van der Waals surface area contributed by atoms with E-state index in [1.807, 2.05) is 42.1 Å². The fourth-order valence-electron chi connectivity index (χ4n) is 1.26. The van der Waals surface area contributed by atoms with Crippen LogP contribution in [0.25, 0.3) is 11.3 Å². The maximum Gasteiger partial charge on any atom is 0.0948 e. The summed E-state index contributed by atoms with van der Waals surface area (Å²) in [6.45, 7) is 0. The van der Waals surface area contributed by atoms with Crippen LogP contribution in [0, 0.1) is 0 Å². The number of hydrogen-bond donors (Lipinski definition) is 0. The van der Waals surface area contributed by atoms with E-state index in [4.69, 9.17) is 11.6 Å². The van der Waals surface area contributed by atoms with E-state index in [9.17, 15) is 0 Å². The molecule has 2 aromatic rings. The molecular weight excluding hydrogens is 184 g/mol. The van der Waals surface area contributed by atoms with Crippen LogP contribution in [-0.4, -0.2) is 9.55 Å². The molecule has 0 radical (unpaired) electrons. The van der Waals surface area contributed by atoms with Crippen LogP contribution < -0.4 is 0 Å². The van der Waals surface area contributed by atoms with Crippen molar-refractivity contribution in [2.45, 2.75) is 0 Å². The van der Waals surface area contributed by atoms with Gasteiger partial charge in [0.1, 0.15) is 0 Å². The third kappa shape index (κ3) is 1.58. The number of halogens is 1. The Bertz CT molecular complexity index is 403. The minimum absolute atomic E-state index is 0.755. The van der Waals surface area contributed by atoms with E-state index >= 15 is 0 Å². The van der Waals surface area contributed by atoms with Gasteiger partial charge in [-0.25, -0.2) is 4.98 Å². The zero-order chi connectivity index (χ0) is 9.26. The molecule has 0 saturated heterocycles. The quantitative estimate of drug-likeness (QED) is 0.680. The summed E-state index contributed by atoms with van der Waals surface area (Å²) in [5.41, 5.74) is 2.22. The van der Waals surface area contributed by atoms with Gasteiger partial charge in [-0.2, -0.15) is 0 Å². The van der Waals surface area contributed by atoms with Crippen molar-refractivity contribution in [3.05, 3.63) is 41.8 Å². The standard InChI is InChI=1S/C10H9ClN2/c1-13-7-12-6-10(13)8-2-4-9(11)5-3-8/h2-7H,1H3. The normalized spacial score (nSPS) is 10.3. The lowest BCUT2D eigenvalue weighted by Gasteiger charge is -2.01. The first-order valence-electron chi connectivity index (χ1n) is 3.99. The number of nitrogens with zero attached hydrogens (tertiary/aromatic N) is 2. The van der Waals surface area contributed by atoms with Gasteiger partial charge < -0.3 is 4.57 Å². The summed E-state index contributed by atoms with van der Waals surface area (Å²) in [7, 11) is 1.97. The minimum atomic E-state index is 0.755. The first-order valence-corrected chi connectivity index (χ1v) is 4.37. The van der Waals surface area contributed by atoms with E-state index in [0.717, 1.165) is 16.3 Å². The summed E-state index contributed by atoms with van der Waals surface area (Å²) in [4.78, 5) is 4.05. The molecule has 0 unspecified atom stereocenters. The smallest absolute Gasteiger partial charge is 0.0948 e. The second-order valence-corrected chi connectivity index (χ2v) is 3.33. The van der Waals surface area contributed by atoms with Gasteiger partial charge in [0, 0.05) is 12.1 Å². The van der Waals surface area contributed by atoms with E-state index in [-0.39, 0.29) is 0 Å². The predicted molar refractivity (Wildman–Crippen MR) is 53.7 cm³/mol. The molecule has 0 aliphatic heterocycles. The molecule has 0 atom stereocenters. The van der Waals surface area contributed by atoms with Gasteiger partial charge in [0.2, 0.25) is 0 Å². The van der Waals surface area contributed by atoms with Gasteiger partial charge in [0.05, 0.1) is 18.2 Å². The van der Waals surface area contributed by atoms with Crippen molar-refractivity contribution in [1.82, 2.24) is 9.55 Å². The first kappa shape index (κ1) is 8.32. The maximum atomic E-state index is 5.79. The molecule has 13 heavy (non-hydrogen) atoms. The van der Waals surface area contributed by atoms with Gasteiger partial charge in [0.15, 0.2) is 0 Å². The Morgan fingerprint density at radius 1 is 1.23 bits per heavy atom. The van der Waals surface area contributed by atoms with Crippen LogP contribution >= 0.6 is 11.6 Å². The average Bonchev–Trinajstić information content (AvgIpc) is 2.53. The molecule has 1 heterocycles. The van der Waals surface area contributed by atoms with Crippen molar-refractivity contribution >= 4 is 11.6 Å². The Balaban J connectivity index is 2.47. The van der Waals surface area contributed by atoms with Crippen molar-refractivity contribution in [2.75, 3.05) is 0 Å². The highest BCUT2D eigenvalue weighted by Crippen LogP contribution is 2.19. The predicted octanol–water partition coefficient (Wildman–Crippen LogP) is 2.74. The van der Waals surface area contributed by atoms with E-state index in [1.165, 1.54) is 0 Å². The van der Waals surface area contributed by atoms with Crippen LogP contribution in [0.5, 0.6) is 0 Å². The molecule has 1 aromatic heterocycles. The fraction of sp³-hybridized carbons (Fsp3) is 0.100. The molecule has 0 bridgehead atoms. The van der Waals surface area contributed by atoms with Crippen LogP contribution in [0.3, 0.4) is 0 Å². The van der Waals surface area contributed by atoms with Crippen LogP contribution in [0.1, 0.15) is 0 Å². The maximum absolute atomic E-state index is 5.79. The Labute approximate surface area is 81.8 Å². The Morgan fingerprint density at radius 2 is 1.92 bits per heavy atom. The summed E-state index contributed by atoms with van der Waals surface area (Å²) in [6.07, 6.45) is 3.62. The van der Waals surface area contributed by atoms with E-state index in [1.54, 1.807) is 6.33 Å². The number of imidazole rings is 1. The lowest BCUT2D eigenvalue weighted by molar-refractivity contribution is 0.921. The van der Waals surface area contributed by atoms with Gasteiger partial charge >= 0.3 is 0 Å². The summed E-state index contributed by atoms with van der Waals surface area (Å²) in [6, 6.07) is 7.73. The van der Waals surface area contributed by atoms with Crippen molar-refractivity contribution in [1.29, 1.82) is 0 Å². The van der Waals surface area contributed by atoms with Gasteiger partial charge in [-0.15, -0.1) is 0 Å². The van der Waals surface area contributed by atoms with Gasteiger partial charge in [-0.1, -0.05) is 23.7 Å². The highest BCUT2D eigenvalue weighted by atomic mass is 35.5. The zero-order valence-electron chi connectivity index (χ0n) is 7.24. The molecule has 2 nitrogen and oxygen atoms in total. The minimum Gasteiger partial charge on any atom is -0.334 e. The number of aryl methyl sites for hydroxylation is 1. The molecule has 3 heteroatoms. The van der Waals surface area contributed by atoms with Gasteiger partial charge in [0.25, 0.3) is 0 Å². The Morgan fingerprint density at radius 3 is 2.46 bits per heavy atom. The zero-order valence-corrected chi connectivity index (χ0v) is 7.99. The largest absolute Gasteiger partial charge is 0.334 e. The van der Waals surface area contributed by atoms with Gasteiger partial charge in [-0.05, 0) is 17.7 Å². The SMILES string of the molecule is Cn1cncc1-c1ccc(Cl)cc1. The fourth-order valence-corrected chi connectivity index (χ4v) is 1.38. The third-order valence-corrected chi connectivity index (χ3v) is 2.21. The second-order valence-electron chi connectivity index (χ2n) is 2.90. The van der Waals surface area contributed by atoms with E-state index in [0.29, 0.717) is 0 Å². The lowest BCUT2D eigenvalue weighted by Crippen LogP contribution is -1.88. The van der Waals surface area contributed by atoms with Crippen LogP contribution in [0.2, 0.25) is 5.02 Å². The summed E-state index contributed by atoms with van der Waals surface area (Å²) in [5.74, 6) is 0. The van der Waals surface area contributed by atoms with Crippen LogP contribution in [-0.2, 0) is 7.05 Å². The van der Waals surface area contributed by atoms with E-state index < -0.39 is 0 Å². The Hall–Kier alpha value is -1.28. The molecule has 0 amide bonds. The van der Waals surface area contributed by atoms with Gasteiger partial charge in [-0.3, -0.25) is 0 Å². The molecule has 66 valence electrons. The topological polar surface area (TPSA) is 17.8 Å². The molecule has 0 aliphatic rings. The van der Waals surface area contributed by atoms with Crippen molar-refractivity contribution in [3.8, 4) is 11.3 Å². The summed E-state index contributed by atoms with van der Waals surface area (Å²) in [5, 5.41) is 0.755. The molecule has 0 spiro atoms. The number of benzene rings is 1. The molecule has 2 rings (SSSR count). The second kappa shape index (κ2) is 3.23. The molecule has 0 saturated carbocycles. The summed E-state index contributed by atoms with van der Waals surface area (Å²) >= 11 is 5.79. The molecule has 1 aromatic carbocycles. The first-order chi connectivity index (χ1) is 6.27. The lowest BCUT2D eigenvalue weighted by atomic mass is 10.2. The molecule has 0 fully saturated rings. The third-order valence-electron chi connectivity index (χ3n) is 1.96. The van der Waals surface area contributed by atoms with Crippen LogP contribution in [0.4, 0.5) is 0 Å². The highest BCUT2D eigenvalue weighted by molar-refractivity contribution is 6.30. The van der Waals surface area contributed by atoms with Crippen LogP contribution in [0.15, 0.2) is 36.8 Å². The molecule has 0 aliphatic carbocycles. The number of rotatable bonds is 1. The monoisotopic (exact) mass is 192 g/mol. The average molecular weight is 193 g/mol. The van der Waals surface area contributed by atoms with Crippen molar-refractivity contribution < 1.29 is 0 Å². The summed E-state index contributed by atoms with van der Waals surface area (Å²) < 4.78 is 1.98. The van der Waals surface area contributed by atoms with E-state index in [2.05, 4.69) is 4.98 Å².